The largest absolute Gasteiger partial charge is 0.433 e. The first-order valence-electron chi connectivity index (χ1n) is 8.38. The molecule has 7 nitrogen and oxygen atoms in total. The van der Waals surface area contributed by atoms with Crippen LogP contribution in [0.1, 0.15) is 35.4 Å². The Balaban J connectivity index is 1.62. The Labute approximate surface area is 146 Å². The average molecular weight is 343 g/mol. The number of hydrogen-bond acceptors (Lipinski definition) is 5. The van der Waals surface area contributed by atoms with E-state index in [1.54, 1.807) is 7.05 Å². The molecular formula is C18H21N3O4. The van der Waals surface area contributed by atoms with Gasteiger partial charge in [0.15, 0.2) is 5.76 Å². The van der Waals surface area contributed by atoms with Gasteiger partial charge in [-0.3, -0.25) is 14.9 Å². The predicted molar refractivity (Wildman–Crippen MR) is 93.7 cm³/mol. The zero-order valence-electron chi connectivity index (χ0n) is 14.2. The summed E-state index contributed by atoms with van der Waals surface area (Å²) in [6.07, 6.45) is 3.76. The van der Waals surface area contributed by atoms with Crippen molar-refractivity contribution in [2.24, 2.45) is 0 Å². The van der Waals surface area contributed by atoms with E-state index in [2.05, 4.69) is 17.0 Å². The lowest BCUT2D eigenvalue weighted by Crippen LogP contribution is -2.29. The first kappa shape index (κ1) is 17.0. The molecule has 132 valence electrons. The minimum absolute atomic E-state index is 0.0286. The monoisotopic (exact) mass is 343 g/mol. The molecule has 0 radical (unpaired) electrons. The molecule has 0 aliphatic carbocycles. The zero-order chi connectivity index (χ0) is 17.8. The minimum Gasteiger partial charge on any atom is -0.395 e. The van der Waals surface area contributed by atoms with E-state index in [1.165, 1.54) is 42.0 Å². The number of anilines is 1. The van der Waals surface area contributed by atoms with Gasteiger partial charge in [-0.2, -0.15) is 0 Å². The number of piperidine rings is 1. The molecule has 25 heavy (non-hydrogen) atoms. The number of carbonyl (C=O) groups is 1. The first-order chi connectivity index (χ1) is 12.0. The highest BCUT2D eigenvalue weighted by molar-refractivity contribution is 5.91. The summed E-state index contributed by atoms with van der Waals surface area (Å²) in [5, 5.41) is 10.6. The van der Waals surface area contributed by atoms with E-state index in [-0.39, 0.29) is 11.7 Å². The molecule has 0 spiro atoms. The van der Waals surface area contributed by atoms with Crippen molar-refractivity contribution in [3.05, 3.63) is 57.8 Å². The van der Waals surface area contributed by atoms with E-state index in [9.17, 15) is 14.9 Å². The van der Waals surface area contributed by atoms with Crippen LogP contribution in [0.25, 0.3) is 0 Å². The topological polar surface area (TPSA) is 79.8 Å². The van der Waals surface area contributed by atoms with Gasteiger partial charge in [0.1, 0.15) is 4.92 Å². The molecule has 1 aliphatic rings. The van der Waals surface area contributed by atoms with Crippen LogP contribution >= 0.6 is 0 Å². The first-order valence-corrected chi connectivity index (χ1v) is 8.38. The Hall–Kier alpha value is -2.83. The fourth-order valence-corrected chi connectivity index (χ4v) is 3.04. The summed E-state index contributed by atoms with van der Waals surface area (Å²) in [7, 11) is 1.65. The van der Waals surface area contributed by atoms with Gasteiger partial charge in [0.05, 0.1) is 6.07 Å². The molecule has 3 rings (SSSR count). The number of amides is 1. The molecule has 1 amide bonds. The van der Waals surface area contributed by atoms with Gasteiger partial charge in [-0.1, -0.05) is 12.1 Å². The standard InChI is InChI=1S/C18H21N3O4/c1-19(18(22)16-9-10-17(25-16)21(23)24)13-14-5-7-15(8-6-14)20-11-3-2-4-12-20/h5-10H,2-4,11-13H2,1H3. The molecule has 0 bridgehead atoms. The minimum atomic E-state index is -0.657. The second-order valence-electron chi connectivity index (χ2n) is 6.27. The van der Waals surface area contributed by atoms with E-state index >= 15 is 0 Å². The molecule has 7 heteroatoms. The smallest absolute Gasteiger partial charge is 0.395 e. The van der Waals surface area contributed by atoms with Gasteiger partial charge < -0.3 is 14.2 Å². The molecule has 2 aromatic rings. The maximum absolute atomic E-state index is 12.3. The maximum atomic E-state index is 12.3. The number of nitro groups is 1. The molecule has 1 fully saturated rings. The molecule has 0 atom stereocenters. The van der Waals surface area contributed by atoms with Crippen molar-refractivity contribution in [2.75, 3.05) is 25.0 Å². The van der Waals surface area contributed by atoms with Gasteiger partial charge >= 0.3 is 5.88 Å². The van der Waals surface area contributed by atoms with Crippen LogP contribution < -0.4 is 4.90 Å². The van der Waals surface area contributed by atoms with Crippen LogP contribution in [-0.4, -0.2) is 35.9 Å². The highest BCUT2D eigenvalue weighted by Crippen LogP contribution is 2.21. The van der Waals surface area contributed by atoms with Crippen molar-refractivity contribution in [3.8, 4) is 0 Å². The SMILES string of the molecule is CN(Cc1ccc(N2CCCCC2)cc1)C(=O)c1ccc([N+](=O)[O-])o1. The lowest BCUT2D eigenvalue weighted by atomic mass is 10.1. The van der Waals surface area contributed by atoms with Gasteiger partial charge in [-0.25, -0.2) is 0 Å². The van der Waals surface area contributed by atoms with Crippen LogP contribution in [0, 0.1) is 10.1 Å². The third kappa shape index (κ3) is 3.99. The summed E-state index contributed by atoms with van der Waals surface area (Å²) in [4.78, 5) is 26.2. The molecule has 1 aliphatic heterocycles. The summed E-state index contributed by atoms with van der Waals surface area (Å²) in [5.41, 5.74) is 2.21. The summed E-state index contributed by atoms with van der Waals surface area (Å²) in [5.74, 6) is -0.838. The fourth-order valence-electron chi connectivity index (χ4n) is 3.04. The number of benzene rings is 1. The van der Waals surface area contributed by atoms with Crippen LogP contribution in [-0.2, 0) is 6.54 Å². The number of nitrogens with zero attached hydrogens (tertiary/aromatic N) is 3. The Morgan fingerprint density at radius 1 is 1.16 bits per heavy atom. The van der Waals surface area contributed by atoms with Gasteiger partial charge in [0.25, 0.3) is 5.91 Å². The van der Waals surface area contributed by atoms with Crippen LogP contribution in [0.5, 0.6) is 0 Å². The van der Waals surface area contributed by atoms with Crippen molar-refractivity contribution in [1.29, 1.82) is 0 Å². The van der Waals surface area contributed by atoms with E-state index in [0.29, 0.717) is 6.54 Å². The van der Waals surface area contributed by atoms with Crippen LogP contribution in [0.15, 0.2) is 40.8 Å². The van der Waals surface area contributed by atoms with Crippen LogP contribution in [0.2, 0.25) is 0 Å². The third-order valence-electron chi connectivity index (χ3n) is 4.41. The summed E-state index contributed by atoms with van der Waals surface area (Å²) >= 11 is 0. The van der Waals surface area contributed by atoms with Crippen molar-refractivity contribution in [3.63, 3.8) is 0 Å². The van der Waals surface area contributed by atoms with E-state index in [1.807, 2.05) is 12.1 Å². The molecular weight excluding hydrogens is 322 g/mol. The molecule has 0 unspecified atom stereocenters. The van der Waals surface area contributed by atoms with Crippen LogP contribution in [0.3, 0.4) is 0 Å². The van der Waals surface area contributed by atoms with E-state index in [4.69, 9.17) is 4.42 Å². The molecule has 0 N–H and O–H groups in total. The average Bonchev–Trinajstić information content (AvgIpc) is 3.13. The Morgan fingerprint density at radius 3 is 2.44 bits per heavy atom. The van der Waals surface area contributed by atoms with Gasteiger partial charge in [-0.15, -0.1) is 0 Å². The highest BCUT2D eigenvalue weighted by atomic mass is 16.6. The lowest BCUT2D eigenvalue weighted by Gasteiger charge is -2.29. The predicted octanol–water partition coefficient (Wildman–Crippen LogP) is 3.45. The number of hydrogen-bond donors (Lipinski definition) is 0. The number of rotatable bonds is 5. The van der Waals surface area contributed by atoms with Crippen molar-refractivity contribution < 1.29 is 14.1 Å². The number of carbonyl (C=O) groups excluding carboxylic acids is 1. The lowest BCUT2D eigenvalue weighted by molar-refractivity contribution is -0.402. The second-order valence-corrected chi connectivity index (χ2v) is 6.27. The van der Waals surface area contributed by atoms with E-state index in [0.717, 1.165) is 18.7 Å². The van der Waals surface area contributed by atoms with Crippen molar-refractivity contribution in [1.82, 2.24) is 4.90 Å². The molecule has 2 heterocycles. The fraction of sp³-hybridized carbons (Fsp3) is 0.389. The second kappa shape index (κ2) is 7.38. The van der Waals surface area contributed by atoms with E-state index < -0.39 is 10.8 Å². The normalized spacial score (nSPS) is 14.4. The molecule has 0 saturated carbocycles. The van der Waals surface area contributed by atoms with Gasteiger partial charge in [0.2, 0.25) is 0 Å². The maximum Gasteiger partial charge on any atom is 0.433 e. The Kier molecular flexibility index (Phi) is 5.02. The Morgan fingerprint density at radius 2 is 1.84 bits per heavy atom. The summed E-state index contributed by atoms with van der Waals surface area (Å²) in [6, 6.07) is 10.7. The van der Waals surface area contributed by atoms with Crippen molar-refractivity contribution in [2.45, 2.75) is 25.8 Å². The zero-order valence-corrected chi connectivity index (χ0v) is 14.2. The third-order valence-corrected chi connectivity index (χ3v) is 4.41. The number of furan rings is 1. The van der Waals surface area contributed by atoms with Gasteiger partial charge in [-0.05, 0) is 43.0 Å². The Bertz CT molecular complexity index is 748. The molecule has 1 aromatic carbocycles. The quantitative estimate of drug-likeness (QED) is 0.613. The molecule has 1 aromatic heterocycles. The summed E-state index contributed by atoms with van der Waals surface area (Å²) < 4.78 is 4.97. The van der Waals surface area contributed by atoms with Crippen LogP contribution in [0.4, 0.5) is 11.6 Å². The highest BCUT2D eigenvalue weighted by Gasteiger charge is 2.20. The summed E-state index contributed by atoms with van der Waals surface area (Å²) in [6.45, 7) is 2.59. The molecule has 1 saturated heterocycles. The van der Waals surface area contributed by atoms with Gasteiger partial charge in [0, 0.05) is 32.4 Å². The van der Waals surface area contributed by atoms with Crippen molar-refractivity contribution >= 4 is 17.5 Å².